The van der Waals surface area contributed by atoms with Crippen molar-refractivity contribution in [3.8, 4) is 5.82 Å². The van der Waals surface area contributed by atoms with Crippen LogP contribution >= 0.6 is 0 Å². The normalized spacial score (nSPS) is 11.6. The average Bonchev–Trinajstić information content (AvgIpc) is 3.08. The van der Waals surface area contributed by atoms with Gasteiger partial charge in [-0.05, 0) is 49.4 Å². The van der Waals surface area contributed by atoms with Gasteiger partial charge in [0.25, 0.3) is 5.56 Å². The summed E-state index contributed by atoms with van der Waals surface area (Å²) in [6, 6.07) is 21.0. The number of nitrogens with zero attached hydrogens (tertiary/aromatic N) is 3. The molecule has 0 aliphatic carbocycles. The molecule has 0 fully saturated rings. The van der Waals surface area contributed by atoms with Crippen molar-refractivity contribution in [3.05, 3.63) is 100 Å². The Labute approximate surface area is 167 Å². The lowest BCUT2D eigenvalue weighted by atomic mass is 10.1. The summed E-state index contributed by atoms with van der Waals surface area (Å²) in [5, 5.41) is 1.70. The van der Waals surface area contributed by atoms with Gasteiger partial charge in [0.2, 0.25) is 0 Å². The molecule has 5 heteroatoms. The highest BCUT2D eigenvalue weighted by Gasteiger charge is 2.12. The van der Waals surface area contributed by atoms with Crippen molar-refractivity contribution >= 4 is 34.0 Å². The van der Waals surface area contributed by atoms with Gasteiger partial charge in [-0.3, -0.25) is 4.79 Å². The van der Waals surface area contributed by atoms with E-state index in [9.17, 15) is 4.79 Å². The quantitative estimate of drug-likeness (QED) is 0.493. The van der Waals surface area contributed by atoms with Crippen LogP contribution in [0.4, 0.5) is 0 Å². The number of fused-ring (bicyclic) bond motifs is 2. The van der Waals surface area contributed by atoms with Crippen molar-refractivity contribution in [1.29, 1.82) is 0 Å². The monoisotopic (exact) mass is 378 g/mol. The number of benzene rings is 2. The number of aromatic nitrogens is 4. The van der Waals surface area contributed by atoms with Gasteiger partial charge in [0.1, 0.15) is 11.6 Å². The number of aromatic amines is 1. The molecule has 1 N–H and O–H groups in total. The van der Waals surface area contributed by atoms with Gasteiger partial charge in [-0.2, -0.15) is 0 Å². The molecule has 0 aliphatic heterocycles. The van der Waals surface area contributed by atoms with Crippen LogP contribution in [-0.4, -0.2) is 19.5 Å². The Balaban J connectivity index is 1.75. The fourth-order valence-electron chi connectivity index (χ4n) is 3.64. The molecule has 0 radical (unpaired) electrons. The first kappa shape index (κ1) is 17.1. The first-order valence-electron chi connectivity index (χ1n) is 9.41. The molecule has 0 unspecified atom stereocenters. The molecule has 140 valence electrons. The minimum absolute atomic E-state index is 0.135. The number of pyridine rings is 1. The van der Waals surface area contributed by atoms with Crippen molar-refractivity contribution < 1.29 is 0 Å². The van der Waals surface area contributed by atoms with E-state index in [1.165, 1.54) is 0 Å². The highest BCUT2D eigenvalue weighted by molar-refractivity contribution is 5.93. The zero-order valence-electron chi connectivity index (χ0n) is 15.8. The van der Waals surface area contributed by atoms with Gasteiger partial charge in [-0.15, -0.1) is 0 Å². The predicted molar refractivity (Wildman–Crippen MR) is 117 cm³/mol. The predicted octanol–water partition coefficient (Wildman–Crippen LogP) is 4.74. The summed E-state index contributed by atoms with van der Waals surface area (Å²) < 4.78 is 1.56. The van der Waals surface area contributed by atoms with Crippen LogP contribution in [0.25, 0.3) is 39.8 Å². The number of rotatable bonds is 3. The lowest BCUT2D eigenvalue weighted by Crippen LogP contribution is -2.23. The first-order chi connectivity index (χ1) is 14.2. The molecule has 0 atom stereocenters. The second-order valence-electron chi connectivity index (χ2n) is 6.86. The van der Waals surface area contributed by atoms with E-state index < -0.39 is 0 Å². The standard InChI is InChI=1S/C24H18N4O/c1-16-17(18-8-2-4-10-20(18)26-16)13-14-23-27-21-11-5-3-9-19(21)24(29)28(23)22-12-6-7-15-25-22/h2-15,26H,1H3. The van der Waals surface area contributed by atoms with Gasteiger partial charge in [0.15, 0.2) is 0 Å². The Hall–Kier alpha value is -3.99. The van der Waals surface area contributed by atoms with Crippen molar-refractivity contribution in [2.45, 2.75) is 6.92 Å². The fraction of sp³-hybridized carbons (Fsp3) is 0.0417. The summed E-state index contributed by atoms with van der Waals surface area (Å²) in [5.41, 5.74) is 3.76. The summed E-state index contributed by atoms with van der Waals surface area (Å²) in [5.74, 6) is 1.09. The van der Waals surface area contributed by atoms with E-state index in [1.807, 2.05) is 67.6 Å². The largest absolute Gasteiger partial charge is 0.358 e. The zero-order chi connectivity index (χ0) is 19.8. The Morgan fingerprint density at radius 3 is 2.48 bits per heavy atom. The van der Waals surface area contributed by atoms with Crippen LogP contribution in [0.3, 0.4) is 0 Å². The van der Waals surface area contributed by atoms with Gasteiger partial charge in [0, 0.05) is 28.4 Å². The highest BCUT2D eigenvalue weighted by Crippen LogP contribution is 2.24. The summed E-state index contributed by atoms with van der Waals surface area (Å²) in [7, 11) is 0. The van der Waals surface area contributed by atoms with Gasteiger partial charge in [0.05, 0.1) is 10.9 Å². The van der Waals surface area contributed by atoms with E-state index in [4.69, 9.17) is 4.98 Å². The van der Waals surface area contributed by atoms with Gasteiger partial charge in [-0.1, -0.05) is 36.4 Å². The maximum atomic E-state index is 13.2. The molecule has 0 spiro atoms. The molecule has 2 aromatic carbocycles. The van der Waals surface area contributed by atoms with Crippen LogP contribution in [0.1, 0.15) is 17.1 Å². The fourth-order valence-corrected chi connectivity index (χ4v) is 3.64. The Morgan fingerprint density at radius 2 is 1.66 bits per heavy atom. The van der Waals surface area contributed by atoms with Crippen LogP contribution < -0.4 is 5.56 Å². The zero-order valence-corrected chi connectivity index (χ0v) is 15.8. The maximum absolute atomic E-state index is 13.2. The summed E-state index contributed by atoms with van der Waals surface area (Å²) in [4.78, 5) is 25.8. The number of hydrogen-bond acceptors (Lipinski definition) is 3. The summed E-state index contributed by atoms with van der Waals surface area (Å²) >= 11 is 0. The van der Waals surface area contributed by atoms with Crippen LogP contribution in [0.2, 0.25) is 0 Å². The van der Waals surface area contributed by atoms with Crippen LogP contribution in [0.5, 0.6) is 0 Å². The van der Waals surface area contributed by atoms with E-state index in [2.05, 4.69) is 22.1 Å². The summed E-state index contributed by atoms with van der Waals surface area (Å²) in [6.07, 6.45) is 5.56. The minimum atomic E-state index is -0.135. The molecule has 3 aromatic heterocycles. The Morgan fingerprint density at radius 1 is 0.897 bits per heavy atom. The molecule has 0 saturated heterocycles. The first-order valence-corrected chi connectivity index (χ1v) is 9.41. The molecule has 5 aromatic rings. The number of para-hydroxylation sites is 2. The van der Waals surface area contributed by atoms with Crippen molar-refractivity contribution in [1.82, 2.24) is 19.5 Å². The van der Waals surface area contributed by atoms with Crippen LogP contribution in [0.15, 0.2) is 77.7 Å². The second-order valence-corrected chi connectivity index (χ2v) is 6.86. The lowest BCUT2D eigenvalue weighted by Gasteiger charge is -2.10. The molecule has 5 rings (SSSR count). The highest BCUT2D eigenvalue weighted by atomic mass is 16.1. The van der Waals surface area contributed by atoms with E-state index in [1.54, 1.807) is 16.8 Å². The molecule has 0 amide bonds. The number of aryl methyl sites for hydroxylation is 1. The van der Waals surface area contributed by atoms with E-state index in [0.717, 1.165) is 22.2 Å². The molecule has 0 saturated carbocycles. The van der Waals surface area contributed by atoms with Crippen LogP contribution in [0, 0.1) is 6.92 Å². The smallest absolute Gasteiger partial charge is 0.267 e. The van der Waals surface area contributed by atoms with Gasteiger partial charge >= 0.3 is 0 Å². The second kappa shape index (κ2) is 6.87. The van der Waals surface area contributed by atoms with Crippen molar-refractivity contribution in [2.24, 2.45) is 0 Å². The molecular weight excluding hydrogens is 360 g/mol. The third kappa shape index (κ3) is 2.93. The molecule has 29 heavy (non-hydrogen) atoms. The molecule has 3 heterocycles. The number of nitrogens with one attached hydrogen (secondary N) is 1. The number of hydrogen-bond donors (Lipinski definition) is 1. The lowest BCUT2D eigenvalue weighted by molar-refractivity contribution is 0.905. The Kier molecular flexibility index (Phi) is 4.06. The van der Waals surface area contributed by atoms with Gasteiger partial charge < -0.3 is 4.98 Å². The minimum Gasteiger partial charge on any atom is -0.358 e. The van der Waals surface area contributed by atoms with Gasteiger partial charge in [-0.25, -0.2) is 14.5 Å². The SMILES string of the molecule is Cc1[nH]c2ccccc2c1C=Cc1nc2ccccc2c(=O)n1-c1ccccn1. The molecule has 5 nitrogen and oxygen atoms in total. The Bertz CT molecular complexity index is 1430. The third-order valence-electron chi connectivity index (χ3n) is 5.02. The average molecular weight is 378 g/mol. The maximum Gasteiger partial charge on any atom is 0.267 e. The summed E-state index contributed by atoms with van der Waals surface area (Å²) in [6.45, 7) is 2.04. The topological polar surface area (TPSA) is 63.6 Å². The van der Waals surface area contributed by atoms with Crippen LogP contribution in [-0.2, 0) is 0 Å². The third-order valence-corrected chi connectivity index (χ3v) is 5.02. The molecule has 0 aliphatic rings. The van der Waals surface area contributed by atoms with Crippen molar-refractivity contribution in [2.75, 3.05) is 0 Å². The van der Waals surface area contributed by atoms with Crippen molar-refractivity contribution in [3.63, 3.8) is 0 Å². The van der Waals surface area contributed by atoms with E-state index >= 15 is 0 Å². The molecule has 0 bridgehead atoms. The van der Waals surface area contributed by atoms with E-state index in [-0.39, 0.29) is 5.56 Å². The number of H-pyrrole nitrogens is 1. The molecular formula is C24H18N4O. The van der Waals surface area contributed by atoms with E-state index in [0.29, 0.717) is 22.5 Å².